The van der Waals surface area contributed by atoms with E-state index >= 15 is 0 Å². The van der Waals surface area contributed by atoms with Gasteiger partial charge in [0.05, 0.1) is 18.5 Å². The molecule has 3 heterocycles. The van der Waals surface area contributed by atoms with Gasteiger partial charge in [0.15, 0.2) is 5.69 Å². The van der Waals surface area contributed by atoms with Gasteiger partial charge in [-0.1, -0.05) is 24.0 Å². The van der Waals surface area contributed by atoms with Crippen LogP contribution in [0, 0.1) is 18.8 Å². The Morgan fingerprint density at radius 2 is 2.06 bits per heavy atom. The fourth-order valence-corrected chi connectivity index (χ4v) is 3.54. The van der Waals surface area contributed by atoms with E-state index in [-0.39, 0.29) is 12.1 Å². The lowest BCUT2D eigenvalue weighted by Gasteiger charge is -2.13. The fraction of sp³-hybridized carbons (Fsp3) is 0.250. The van der Waals surface area contributed by atoms with Crippen molar-refractivity contribution in [3.8, 4) is 28.8 Å². The molecule has 1 atom stereocenters. The minimum Gasteiger partial charge on any atom is -0.464 e. The van der Waals surface area contributed by atoms with Crippen molar-refractivity contribution in [1.29, 1.82) is 0 Å². The highest BCUT2D eigenvalue weighted by Gasteiger charge is 2.42. The van der Waals surface area contributed by atoms with E-state index in [0.717, 1.165) is 11.3 Å². The molecule has 1 unspecified atom stereocenters. The molecule has 162 valence electrons. The number of nitrogens with zero attached hydrogens (tertiary/aromatic N) is 4. The van der Waals surface area contributed by atoms with E-state index in [1.165, 1.54) is 12.0 Å². The van der Waals surface area contributed by atoms with Crippen molar-refractivity contribution in [2.75, 3.05) is 20.7 Å². The highest BCUT2D eigenvalue weighted by molar-refractivity contribution is 5.90. The van der Waals surface area contributed by atoms with E-state index in [9.17, 15) is 14.7 Å². The number of hydrogen-bond donors (Lipinski definition) is 1. The first-order valence-electron chi connectivity index (χ1n) is 10.0. The summed E-state index contributed by atoms with van der Waals surface area (Å²) in [5.74, 6) is 4.67. The molecule has 8 nitrogen and oxygen atoms in total. The number of pyridine rings is 1. The van der Waals surface area contributed by atoms with Gasteiger partial charge in [-0.2, -0.15) is 5.10 Å². The SMILES string of the molecule is COC(=O)c1cc(-n2nccc2C)cc(-c2cccc(C#CC3(O)CCN(C)C3=O)c2)n1. The van der Waals surface area contributed by atoms with Gasteiger partial charge < -0.3 is 14.7 Å². The number of esters is 1. The van der Waals surface area contributed by atoms with Crippen molar-refractivity contribution in [3.63, 3.8) is 0 Å². The molecule has 2 aromatic heterocycles. The molecule has 0 aliphatic carbocycles. The number of amides is 1. The van der Waals surface area contributed by atoms with Crippen LogP contribution in [0.25, 0.3) is 16.9 Å². The van der Waals surface area contributed by atoms with Gasteiger partial charge in [-0.25, -0.2) is 14.5 Å². The molecule has 0 saturated carbocycles. The van der Waals surface area contributed by atoms with Gasteiger partial charge in [0.2, 0.25) is 5.60 Å². The van der Waals surface area contributed by atoms with Gasteiger partial charge in [0.1, 0.15) is 0 Å². The first kappa shape index (κ1) is 21.3. The number of benzene rings is 1. The zero-order chi connectivity index (χ0) is 22.9. The summed E-state index contributed by atoms with van der Waals surface area (Å²) in [6.07, 6.45) is 1.94. The molecule has 1 fully saturated rings. The number of likely N-dealkylation sites (N-methyl/N-ethyl adjacent to an activating group) is 1. The topological polar surface area (TPSA) is 97.5 Å². The summed E-state index contributed by atoms with van der Waals surface area (Å²) < 4.78 is 6.57. The fourth-order valence-electron chi connectivity index (χ4n) is 3.54. The van der Waals surface area contributed by atoms with Crippen LogP contribution in [0.1, 0.15) is 28.2 Å². The lowest BCUT2D eigenvalue weighted by Crippen LogP contribution is -2.37. The molecule has 0 radical (unpaired) electrons. The molecule has 3 aromatic rings. The summed E-state index contributed by atoms with van der Waals surface area (Å²) in [6.45, 7) is 2.37. The van der Waals surface area contributed by atoms with Gasteiger partial charge >= 0.3 is 5.97 Å². The Balaban J connectivity index is 1.75. The number of hydrogen-bond acceptors (Lipinski definition) is 6. The number of likely N-dealkylation sites (tertiary alicyclic amines) is 1. The van der Waals surface area contributed by atoms with Crippen LogP contribution in [0.4, 0.5) is 0 Å². The Kier molecular flexibility index (Phi) is 5.51. The Bertz CT molecular complexity index is 1270. The number of rotatable bonds is 3. The summed E-state index contributed by atoms with van der Waals surface area (Å²) >= 11 is 0. The Labute approximate surface area is 185 Å². The van der Waals surface area contributed by atoms with Gasteiger partial charge in [0, 0.05) is 43.0 Å². The van der Waals surface area contributed by atoms with E-state index in [1.54, 1.807) is 42.2 Å². The second-order valence-corrected chi connectivity index (χ2v) is 7.64. The van der Waals surface area contributed by atoms with Crippen LogP contribution in [0.15, 0.2) is 48.7 Å². The van der Waals surface area contributed by atoms with Crippen molar-refractivity contribution in [2.24, 2.45) is 0 Å². The summed E-state index contributed by atoms with van der Waals surface area (Å²) in [5.41, 5.74) is 1.92. The van der Waals surface area contributed by atoms with Crippen LogP contribution >= 0.6 is 0 Å². The number of aliphatic hydroxyl groups is 1. The molecule has 1 saturated heterocycles. The van der Waals surface area contributed by atoms with Crippen molar-refractivity contribution in [2.45, 2.75) is 18.9 Å². The highest BCUT2D eigenvalue weighted by atomic mass is 16.5. The maximum Gasteiger partial charge on any atom is 0.356 e. The number of carbonyl (C=O) groups excluding carboxylic acids is 2. The second kappa shape index (κ2) is 8.29. The molecule has 0 spiro atoms. The molecule has 1 amide bonds. The smallest absolute Gasteiger partial charge is 0.356 e. The normalized spacial score (nSPS) is 17.8. The van der Waals surface area contributed by atoms with Crippen molar-refractivity contribution in [1.82, 2.24) is 19.7 Å². The van der Waals surface area contributed by atoms with E-state index in [4.69, 9.17) is 4.74 Å². The number of aromatic nitrogens is 3. The van der Waals surface area contributed by atoms with Crippen molar-refractivity contribution in [3.05, 3.63) is 65.6 Å². The number of methoxy groups -OCH3 is 1. The van der Waals surface area contributed by atoms with Gasteiger partial charge in [-0.05, 0) is 37.3 Å². The summed E-state index contributed by atoms with van der Waals surface area (Å²) in [6, 6.07) is 12.5. The lowest BCUT2D eigenvalue weighted by molar-refractivity contribution is -0.137. The summed E-state index contributed by atoms with van der Waals surface area (Å²) in [4.78, 5) is 30.3. The Morgan fingerprint density at radius 1 is 1.25 bits per heavy atom. The minimum absolute atomic E-state index is 0.153. The van der Waals surface area contributed by atoms with Crippen LogP contribution in [-0.2, 0) is 9.53 Å². The second-order valence-electron chi connectivity index (χ2n) is 7.64. The third kappa shape index (κ3) is 3.98. The third-order valence-corrected chi connectivity index (χ3v) is 5.36. The molecule has 4 rings (SSSR count). The lowest BCUT2D eigenvalue weighted by atomic mass is 10.0. The maximum atomic E-state index is 12.2. The van der Waals surface area contributed by atoms with Gasteiger partial charge in [-0.3, -0.25) is 4.79 Å². The molecule has 1 N–H and O–H groups in total. The zero-order valence-electron chi connectivity index (χ0n) is 18.0. The van der Waals surface area contributed by atoms with Gasteiger partial charge in [0.25, 0.3) is 5.91 Å². The first-order valence-corrected chi connectivity index (χ1v) is 10.0. The zero-order valence-corrected chi connectivity index (χ0v) is 18.0. The summed E-state index contributed by atoms with van der Waals surface area (Å²) in [7, 11) is 2.94. The quantitative estimate of drug-likeness (QED) is 0.504. The molecule has 1 aliphatic rings. The van der Waals surface area contributed by atoms with E-state index in [0.29, 0.717) is 23.5 Å². The van der Waals surface area contributed by atoms with Gasteiger partial charge in [-0.15, -0.1) is 0 Å². The minimum atomic E-state index is -1.67. The first-order chi connectivity index (χ1) is 15.3. The Hall–Kier alpha value is -3.96. The average Bonchev–Trinajstić information content (AvgIpc) is 3.35. The Morgan fingerprint density at radius 3 is 2.72 bits per heavy atom. The van der Waals surface area contributed by atoms with Crippen LogP contribution in [0.3, 0.4) is 0 Å². The van der Waals surface area contributed by atoms with E-state index in [2.05, 4.69) is 21.9 Å². The van der Waals surface area contributed by atoms with Crippen molar-refractivity contribution < 1.29 is 19.4 Å². The number of carbonyl (C=O) groups is 2. The molecular weight excluding hydrogens is 408 g/mol. The standard InChI is InChI=1S/C24H22N4O4/c1-16-8-11-25-28(16)19-14-20(26-21(15-19)22(29)32-3)18-6-4-5-17(13-18)7-9-24(31)10-12-27(2)23(24)30/h4-6,8,11,13-15,31H,10,12H2,1-3H3. The number of aryl methyl sites for hydroxylation is 1. The molecule has 1 aliphatic heterocycles. The average molecular weight is 430 g/mol. The molecular formula is C24H22N4O4. The third-order valence-electron chi connectivity index (χ3n) is 5.36. The van der Waals surface area contributed by atoms with E-state index < -0.39 is 17.5 Å². The van der Waals surface area contributed by atoms with Crippen LogP contribution in [0.5, 0.6) is 0 Å². The van der Waals surface area contributed by atoms with Crippen LogP contribution < -0.4 is 0 Å². The van der Waals surface area contributed by atoms with Crippen LogP contribution in [0.2, 0.25) is 0 Å². The molecule has 1 aromatic carbocycles. The maximum absolute atomic E-state index is 12.2. The highest BCUT2D eigenvalue weighted by Crippen LogP contribution is 2.24. The summed E-state index contributed by atoms with van der Waals surface area (Å²) in [5, 5.41) is 14.8. The molecule has 32 heavy (non-hydrogen) atoms. The largest absolute Gasteiger partial charge is 0.464 e. The van der Waals surface area contributed by atoms with Crippen molar-refractivity contribution >= 4 is 11.9 Å². The predicted octanol–water partition coefficient (Wildman–Crippen LogP) is 1.97. The van der Waals surface area contributed by atoms with Crippen LogP contribution in [-0.4, -0.2) is 63.0 Å². The molecule has 8 heteroatoms. The predicted molar refractivity (Wildman–Crippen MR) is 117 cm³/mol. The van der Waals surface area contributed by atoms with E-state index in [1.807, 2.05) is 25.1 Å². The molecule has 0 bridgehead atoms. The monoisotopic (exact) mass is 430 g/mol. The number of ether oxygens (including phenoxy) is 1.